The number of rotatable bonds is 6. The Balaban J connectivity index is 1.97. The smallest absolute Gasteiger partial charge is 0.150 e. The van der Waals surface area contributed by atoms with E-state index in [-0.39, 0.29) is 0 Å². The summed E-state index contributed by atoms with van der Waals surface area (Å²) >= 11 is 6.16. The fraction of sp³-hybridized carbons (Fsp3) is 0.100. The number of aldehydes is 1. The van der Waals surface area contributed by atoms with E-state index >= 15 is 0 Å². The molecule has 5 nitrogen and oxygen atoms in total. The van der Waals surface area contributed by atoms with Crippen molar-refractivity contribution >= 4 is 35.2 Å². The number of hydrogen-bond donors (Lipinski definition) is 2. The van der Waals surface area contributed by atoms with E-state index in [9.17, 15) is 4.79 Å². The van der Waals surface area contributed by atoms with Crippen LogP contribution in [0.1, 0.15) is 17.3 Å². The lowest BCUT2D eigenvalue weighted by Gasteiger charge is -2.13. The van der Waals surface area contributed by atoms with Crippen LogP contribution >= 0.6 is 11.6 Å². The number of nitrogens with zero attached hydrogens (tertiary/aromatic N) is 1. The molecule has 0 aliphatic carbocycles. The molecule has 3 N–H and O–H groups in total. The van der Waals surface area contributed by atoms with E-state index in [0.29, 0.717) is 28.8 Å². The number of nitrogens with one attached hydrogen (secondary N) is 1. The molecule has 3 aromatic rings. The number of carbonyl (C=O) groups excluding carboxylic acids is 1. The largest absolute Gasteiger partial charge is 0.493 e. The Labute approximate surface area is 156 Å². The van der Waals surface area contributed by atoms with Gasteiger partial charge in [0.25, 0.3) is 0 Å². The topological polar surface area (TPSA) is 77.2 Å². The van der Waals surface area contributed by atoms with E-state index in [2.05, 4.69) is 10.3 Å². The zero-order valence-corrected chi connectivity index (χ0v) is 15.0. The summed E-state index contributed by atoms with van der Waals surface area (Å²) in [4.78, 5) is 15.1. The van der Waals surface area contributed by atoms with Crippen LogP contribution in [0.25, 0.3) is 11.1 Å². The fourth-order valence-electron chi connectivity index (χ4n) is 2.57. The Kier molecular flexibility index (Phi) is 5.39. The molecule has 0 bridgehead atoms. The van der Waals surface area contributed by atoms with Gasteiger partial charge < -0.3 is 15.8 Å². The number of benzene rings is 2. The first-order valence-corrected chi connectivity index (χ1v) is 8.49. The maximum atomic E-state index is 10.8. The van der Waals surface area contributed by atoms with Gasteiger partial charge in [-0.25, -0.2) is 4.98 Å². The van der Waals surface area contributed by atoms with Crippen LogP contribution in [-0.2, 0) is 0 Å². The predicted octanol–water partition coefficient (Wildman–Crippen LogP) is 4.94. The first kappa shape index (κ1) is 17.8. The Morgan fingerprint density at radius 3 is 2.62 bits per heavy atom. The van der Waals surface area contributed by atoms with E-state index in [1.54, 1.807) is 36.4 Å². The molecule has 0 aliphatic rings. The van der Waals surface area contributed by atoms with Gasteiger partial charge in [-0.15, -0.1) is 0 Å². The standard InChI is InChI=1S/C20H18ClN3O2/c1-2-26-18-8-5-15(21)11-17(18)14-9-19(22)24-20(10-14)23-16-6-3-13(12-25)4-7-16/h3-12H,2H2,1H3,(H3,22,23,24). The number of aromatic nitrogens is 1. The van der Waals surface area contributed by atoms with Crippen LogP contribution < -0.4 is 15.8 Å². The van der Waals surface area contributed by atoms with Crippen LogP contribution in [0.15, 0.2) is 54.6 Å². The molecule has 0 saturated carbocycles. The summed E-state index contributed by atoms with van der Waals surface area (Å²) in [7, 11) is 0. The second kappa shape index (κ2) is 7.89. The second-order valence-electron chi connectivity index (χ2n) is 5.60. The van der Waals surface area contributed by atoms with Crippen molar-refractivity contribution in [2.45, 2.75) is 6.92 Å². The fourth-order valence-corrected chi connectivity index (χ4v) is 2.75. The summed E-state index contributed by atoms with van der Waals surface area (Å²) in [5.74, 6) is 1.68. The maximum Gasteiger partial charge on any atom is 0.150 e. The number of pyridine rings is 1. The van der Waals surface area contributed by atoms with Crippen molar-refractivity contribution in [1.82, 2.24) is 4.98 Å². The highest BCUT2D eigenvalue weighted by Crippen LogP contribution is 2.35. The van der Waals surface area contributed by atoms with Crippen LogP contribution in [0.4, 0.5) is 17.3 Å². The molecule has 1 aromatic heterocycles. The van der Waals surface area contributed by atoms with E-state index in [1.807, 2.05) is 25.1 Å². The Morgan fingerprint density at radius 2 is 1.92 bits per heavy atom. The van der Waals surface area contributed by atoms with E-state index in [0.717, 1.165) is 28.8 Å². The zero-order valence-electron chi connectivity index (χ0n) is 14.2. The Bertz CT molecular complexity index is 927. The number of halogens is 1. The van der Waals surface area contributed by atoms with Crippen LogP contribution in [0.2, 0.25) is 5.02 Å². The summed E-state index contributed by atoms with van der Waals surface area (Å²) in [5.41, 5.74) is 9.08. The van der Waals surface area contributed by atoms with E-state index < -0.39 is 0 Å². The number of ether oxygens (including phenoxy) is 1. The minimum Gasteiger partial charge on any atom is -0.493 e. The van der Waals surface area contributed by atoms with Gasteiger partial charge in [-0.3, -0.25) is 4.79 Å². The molecule has 6 heteroatoms. The molecule has 0 atom stereocenters. The van der Waals surface area contributed by atoms with Gasteiger partial charge in [0.1, 0.15) is 23.7 Å². The monoisotopic (exact) mass is 367 g/mol. The minimum absolute atomic E-state index is 0.372. The van der Waals surface area contributed by atoms with E-state index in [1.165, 1.54) is 0 Å². The number of anilines is 3. The van der Waals surface area contributed by atoms with Crippen molar-refractivity contribution in [3.8, 4) is 16.9 Å². The average molecular weight is 368 g/mol. The molecule has 132 valence electrons. The first-order chi connectivity index (χ1) is 12.6. The summed E-state index contributed by atoms with van der Waals surface area (Å²) in [6.07, 6.45) is 0.801. The molecule has 0 saturated heterocycles. The van der Waals surface area contributed by atoms with Gasteiger partial charge in [0.15, 0.2) is 0 Å². The van der Waals surface area contributed by atoms with Crippen LogP contribution in [0.5, 0.6) is 5.75 Å². The molecule has 3 rings (SSSR count). The third-order valence-electron chi connectivity index (χ3n) is 3.72. The van der Waals surface area contributed by atoms with Crippen LogP contribution in [0, 0.1) is 0 Å². The third-order valence-corrected chi connectivity index (χ3v) is 3.95. The number of hydrogen-bond acceptors (Lipinski definition) is 5. The van der Waals surface area contributed by atoms with Crippen LogP contribution in [-0.4, -0.2) is 17.9 Å². The van der Waals surface area contributed by atoms with Crippen LogP contribution in [0.3, 0.4) is 0 Å². The molecule has 0 unspecified atom stereocenters. The first-order valence-electron chi connectivity index (χ1n) is 8.11. The van der Waals surface area contributed by atoms with Crippen molar-refractivity contribution < 1.29 is 9.53 Å². The van der Waals surface area contributed by atoms with Gasteiger partial charge in [0.05, 0.1) is 6.61 Å². The highest BCUT2D eigenvalue weighted by Gasteiger charge is 2.10. The normalized spacial score (nSPS) is 10.4. The molecular formula is C20H18ClN3O2. The number of nitrogen functional groups attached to an aromatic ring is 1. The average Bonchev–Trinajstić information content (AvgIpc) is 2.63. The molecule has 0 fully saturated rings. The molecule has 2 aromatic carbocycles. The number of nitrogens with two attached hydrogens (primary N) is 1. The summed E-state index contributed by atoms with van der Waals surface area (Å²) in [6, 6.07) is 16.2. The van der Waals surface area contributed by atoms with Crippen molar-refractivity contribution in [2.24, 2.45) is 0 Å². The third kappa shape index (κ3) is 4.13. The highest BCUT2D eigenvalue weighted by molar-refractivity contribution is 6.31. The molecule has 1 heterocycles. The Hall–Kier alpha value is -3.05. The molecular weight excluding hydrogens is 350 g/mol. The van der Waals surface area contributed by atoms with E-state index in [4.69, 9.17) is 22.1 Å². The van der Waals surface area contributed by atoms with Crippen molar-refractivity contribution in [1.29, 1.82) is 0 Å². The van der Waals surface area contributed by atoms with Gasteiger partial charge in [-0.05, 0) is 67.1 Å². The van der Waals surface area contributed by atoms with Crippen molar-refractivity contribution in [2.75, 3.05) is 17.7 Å². The zero-order chi connectivity index (χ0) is 18.5. The summed E-state index contributed by atoms with van der Waals surface area (Å²) in [6.45, 7) is 2.47. The van der Waals surface area contributed by atoms with Gasteiger partial charge >= 0.3 is 0 Å². The summed E-state index contributed by atoms with van der Waals surface area (Å²) in [5, 5.41) is 3.80. The highest BCUT2D eigenvalue weighted by atomic mass is 35.5. The quantitative estimate of drug-likeness (QED) is 0.603. The number of carbonyl (C=O) groups is 1. The Morgan fingerprint density at radius 1 is 1.15 bits per heavy atom. The van der Waals surface area contributed by atoms with Crippen molar-refractivity contribution in [3.63, 3.8) is 0 Å². The van der Waals surface area contributed by atoms with Gasteiger partial charge in [-0.2, -0.15) is 0 Å². The van der Waals surface area contributed by atoms with Gasteiger partial charge in [0.2, 0.25) is 0 Å². The second-order valence-corrected chi connectivity index (χ2v) is 6.04. The molecule has 0 amide bonds. The maximum absolute atomic E-state index is 10.8. The SMILES string of the molecule is CCOc1ccc(Cl)cc1-c1cc(N)nc(Nc2ccc(C=O)cc2)c1. The summed E-state index contributed by atoms with van der Waals surface area (Å²) < 4.78 is 5.70. The lowest BCUT2D eigenvalue weighted by molar-refractivity contribution is 0.112. The van der Waals surface area contributed by atoms with Crippen molar-refractivity contribution in [3.05, 3.63) is 65.2 Å². The predicted molar refractivity (Wildman–Crippen MR) is 105 cm³/mol. The lowest BCUT2D eigenvalue weighted by Crippen LogP contribution is -2.00. The molecule has 0 radical (unpaired) electrons. The molecule has 0 aliphatic heterocycles. The molecule has 26 heavy (non-hydrogen) atoms. The minimum atomic E-state index is 0.372. The van der Waals surface area contributed by atoms with Gasteiger partial charge in [0, 0.05) is 21.8 Å². The van der Waals surface area contributed by atoms with Gasteiger partial charge in [-0.1, -0.05) is 11.6 Å². The molecule has 0 spiro atoms. The lowest BCUT2D eigenvalue weighted by atomic mass is 10.1.